The van der Waals surface area contributed by atoms with Gasteiger partial charge in [-0.25, -0.2) is 14.4 Å². The lowest BCUT2D eigenvalue weighted by molar-refractivity contribution is -0.140. The molecule has 2 atom stereocenters. The molecule has 0 aliphatic carbocycles. The average Bonchev–Trinajstić information content (AvgIpc) is 3.22. The number of likely N-dealkylation sites (tertiary alicyclic amines) is 1. The van der Waals surface area contributed by atoms with Crippen molar-refractivity contribution in [2.24, 2.45) is 0 Å². The molecule has 28 heavy (non-hydrogen) atoms. The van der Waals surface area contributed by atoms with Crippen molar-refractivity contribution in [3.63, 3.8) is 0 Å². The molecule has 6 nitrogen and oxygen atoms in total. The van der Waals surface area contributed by atoms with Crippen molar-refractivity contribution in [3.8, 4) is 5.75 Å². The molecule has 0 bridgehead atoms. The molecule has 2 aliphatic heterocycles. The maximum Gasteiger partial charge on any atom is 0.264 e. The van der Waals surface area contributed by atoms with Crippen LogP contribution in [0.2, 0.25) is 0 Å². The highest BCUT2D eigenvalue weighted by atomic mass is 19.1. The maximum absolute atomic E-state index is 14.0. The molecule has 4 rings (SSSR count). The Labute approximate surface area is 164 Å². The molecule has 0 unspecified atom stereocenters. The molecule has 148 valence electrons. The number of hydrogen-bond donors (Lipinski definition) is 1. The van der Waals surface area contributed by atoms with Gasteiger partial charge in [-0.15, -0.1) is 0 Å². The summed E-state index contributed by atoms with van der Waals surface area (Å²) in [5.74, 6) is 0.220. The van der Waals surface area contributed by atoms with Crippen molar-refractivity contribution >= 4 is 5.91 Å². The molecule has 0 radical (unpaired) electrons. The first-order chi connectivity index (χ1) is 13.7. The molecule has 1 fully saturated rings. The minimum absolute atomic E-state index is 0.107. The van der Waals surface area contributed by atoms with Gasteiger partial charge in [-0.05, 0) is 31.4 Å². The van der Waals surface area contributed by atoms with E-state index < -0.39 is 11.9 Å². The van der Waals surface area contributed by atoms with E-state index in [0.717, 1.165) is 43.6 Å². The summed E-state index contributed by atoms with van der Waals surface area (Å²) >= 11 is 0. The van der Waals surface area contributed by atoms with Crippen LogP contribution in [0, 0.1) is 5.82 Å². The van der Waals surface area contributed by atoms with Gasteiger partial charge in [0.1, 0.15) is 0 Å². The molecule has 3 heterocycles. The Bertz CT molecular complexity index is 860. The first-order valence-corrected chi connectivity index (χ1v) is 9.94. The molecule has 7 heteroatoms. The van der Waals surface area contributed by atoms with Gasteiger partial charge in [0, 0.05) is 43.5 Å². The quantitative estimate of drug-likeness (QED) is 0.859. The molecule has 1 amide bonds. The average molecular weight is 384 g/mol. The SMILES string of the molecule is CC[C@@H](Oc1ccccc1F)C(=O)N1CCC[C@@H]1c1ncc2c(n1)CCNC2. The van der Waals surface area contributed by atoms with E-state index in [1.165, 1.54) is 6.07 Å². The molecule has 2 aliphatic rings. The minimum Gasteiger partial charge on any atom is -0.478 e. The predicted octanol–water partition coefficient (Wildman–Crippen LogP) is 2.78. The van der Waals surface area contributed by atoms with E-state index in [1.807, 2.05) is 13.1 Å². The smallest absolute Gasteiger partial charge is 0.264 e. The van der Waals surface area contributed by atoms with Crippen LogP contribution in [0.25, 0.3) is 0 Å². The summed E-state index contributed by atoms with van der Waals surface area (Å²) in [5.41, 5.74) is 2.19. The van der Waals surface area contributed by atoms with Gasteiger partial charge in [0.2, 0.25) is 0 Å². The Kier molecular flexibility index (Phi) is 5.52. The lowest BCUT2D eigenvalue weighted by Gasteiger charge is -2.28. The van der Waals surface area contributed by atoms with Gasteiger partial charge in [0.15, 0.2) is 23.5 Å². The Balaban J connectivity index is 1.53. The minimum atomic E-state index is -0.723. The summed E-state index contributed by atoms with van der Waals surface area (Å²) in [6, 6.07) is 6.04. The molecule has 0 spiro atoms. The molecular weight excluding hydrogens is 359 g/mol. The largest absolute Gasteiger partial charge is 0.478 e. The molecule has 2 aromatic rings. The van der Waals surface area contributed by atoms with Crippen LogP contribution >= 0.6 is 0 Å². The van der Waals surface area contributed by atoms with Gasteiger partial charge in [0.25, 0.3) is 5.91 Å². The van der Waals surface area contributed by atoms with Crippen LogP contribution in [0.15, 0.2) is 30.5 Å². The first kappa shape index (κ1) is 18.8. The zero-order chi connectivity index (χ0) is 19.5. The fourth-order valence-corrected chi connectivity index (χ4v) is 3.90. The second-order valence-corrected chi connectivity index (χ2v) is 7.26. The second kappa shape index (κ2) is 8.22. The van der Waals surface area contributed by atoms with Gasteiger partial charge >= 0.3 is 0 Å². The van der Waals surface area contributed by atoms with Crippen molar-refractivity contribution < 1.29 is 13.9 Å². The van der Waals surface area contributed by atoms with Gasteiger partial charge in [-0.3, -0.25) is 4.79 Å². The number of halogens is 1. The van der Waals surface area contributed by atoms with Crippen LogP contribution < -0.4 is 10.1 Å². The summed E-state index contributed by atoms with van der Waals surface area (Å²) in [6.07, 6.45) is 4.22. The van der Waals surface area contributed by atoms with E-state index in [9.17, 15) is 9.18 Å². The Morgan fingerprint density at radius 1 is 1.43 bits per heavy atom. The highest BCUT2D eigenvalue weighted by Gasteiger charge is 2.36. The van der Waals surface area contributed by atoms with E-state index in [2.05, 4.69) is 10.3 Å². The van der Waals surface area contributed by atoms with Crippen molar-refractivity contribution in [3.05, 3.63) is 53.4 Å². The number of ether oxygens (including phenoxy) is 1. The van der Waals surface area contributed by atoms with E-state index in [1.54, 1.807) is 23.1 Å². The standard InChI is InChI=1S/C21H25FN4O2/c1-2-18(28-19-8-4-3-6-15(19)22)21(27)26-11-5-7-17(26)20-24-13-14-12-23-10-9-16(14)25-20/h3-4,6,8,13,17-18,23H,2,5,7,9-12H2,1H3/t17-,18-/m1/s1. The second-order valence-electron chi connectivity index (χ2n) is 7.26. The fourth-order valence-electron chi connectivity index (χ4n) is 3.90. The van der Waals surface area contributed by atoms with E-state index in [0.29, 0.717) is 18.8 Å². The highest BCUT2D eigenvalue weighted by molar-refractivity contribution is 5.82. The molecule has 1 saturated heterocycles. The first-order valence-electron chi connectivity index (χ1n) is 9.94. The number of benzene rings is 1. The number of carbonyl (C=O) groups is 1. The fraction of sp³-hybridized carbons (Fsp3) is 0.476. The number of para-hydroxylation sites is 1. The topological polar surface area (TPSA) is 67.3 Å². The molecule has 1 aromatic heterocycles. The third kappa shape index (κ3) is 3.71. The Morgan fingerprint density at radius 2 is 2.29 bits per heavy atom. The van der Waals surface area contributed by atoms with Crippen molar-refractivity contribution in [2.45, 2.75) is 51.3 Å². The number of aromatic nitrogens is 2. The Hall–Kier alpha value is -2.54. The van der Waals surface area contributed by atoms with Crippen LogP contribution in [0.5, 0.6) is 5.75 Å². The summed E-state index contributed by atoms with van der Waals surface area (Å²) in [6.45, 7) is 4.21. The normalized spacial score (nSPS) is 19.9. The van der Waals surface area contributed by atoms with Crippen LogP contribution in [-0.2, 0) is 17.8 Å². The van der Waals surface area contributed by atoms with Crippen LogP contribution in [0.1, 0.15) is 49.3 Å². The number of nitrogens with one attached hydrogen (secondary N) is 1. The van der Waals surface area contributed by atoms with Gasteiger partial charge in [-0.1, -0.05) is 19.1 Å². The highest BCUT2D eigenvalue weighted by Crippen LogP contribution is 2.32. The Morgan fingerprint density at radius 3 is 3.11 bits per heavy atom. The number of fused-ring (bicyclic) bond motifs is 1. The zero-order valence-corrected chi connectivity index (χ0v) is 16.0. The number of hydrogen-bond acceptors (Lipinski definition) is 5. The zero-order valence-electron chi connectivity index (χ0n) is 16.0. The summed E-state index contributed by atoms with van der Waals surface area (Å²) < 4.78 is 19.7. The van der Waals surface area contributed by atoms with Gasteiger partial charge in [-0.2, -0.15) is 0 Å². The number of nitrogens with zero attached hydrogens (tertiary/aromatic N) is 3. The lowest BCUT2D eigenvalue weighted by Crippen LogP contribution is -2.42. The van der Waals surface area contributed by atoms with Gasteiger partial charge < -0.3 is 15.0 Å². The molecule has 1 aromatic carbocycles. The van der Waals surface area contributed by atoms with Crippen molar-refractivity contribution in [2.75, 3.05) is 13.1 Å². The summed E-state index contributed by atoms with van der Waals surface area (Å²) in [5, 5.41) is 3.32. The van der Waals surface area contributed by atoms with Gasteiger partial charge in [0.05, 0.1) is 6.04 Å². The van der Waals surface area contributed by atoms with Crippen molar-refractivity contribution in [1.82, 2.24) is 20.2 Å². The predicted molar refractivity (Wildman–Crippen MR) is 102 cm³/mol. The molecule has 0 saturated carbocycles. The van der Waals surface area contributed by atoms with Crippen LogP contribution in [0.4, 0.5) is 4.39 Å². The lowest BCUT2D eigenvalue weighted by atomic mass is 10.1. The monoisotopic (exact) mass is 384 g/mol. The summed E-state index contributed by atoms with van der Waals surface area (Å²) in [7, 11) is 0. The number of carbonyl (C=O) groups excluding carboxylic acids is 1. The maximum atomic E-state index is 14.0. The third-order valence-electron chi connectivity index (χ3n) is 5.41. The van der Waals surface area contributed by atoms with E-state index >= 15 is 0 Å². The third-order valence-corrected chi connectivity index (χ3v) is 5.41. The molecule has 1 N–H and O–H groups in total. The van der Waals surface area contributed by atoms with Crippen LogP contribution in [0.3, 0.4) is 0 Å². The number of amides is 1. The number of rotatable bonds is 5. The van der Waals surface area contributed by atoms with Crippen molar-refractivity contribution in [1.29, 1.82) is 0 Å². The summed E-state index contributed by atoms with van der Waals surface area (Å²) in [4.78, 5) is 24.3. The van der Waals surface area contributed by atoms with E-state index in [4.69, 9.17) is 9.72 Å². The van der Waals surface area contributed by atoms with Crippen LogP contribution in [-0.4, -0.2) is 40.0 Å². The molecular formula is C21H25FN4O2. The van der Waals surface area contributed by atoms with E-state index in [-0.39, 0.29) is 17.7 Å².